The third-order valence-electron chi connectivity index (χ3n) is 7.10. The Kier molecular flexibility index (Phi) is 9.07. The lowest BCUT2D eigenvalue weighted by molar-refractivity contribution is -0.148. The lowest BCUT2D eigenvalue weighted by Gasteiger charge is -2.25. The summed E-state index contributed by atoms with van der Waals surface area (Å²) in [7, 11) is -2.80. The summed E-state index contributed by atoms with van der Waals surface area (Å²) >= 11 is 0. The van der Waals surface area contributed by atoms with Crippen LogP contribution >= 0.6 is 7.75 Å². The molecule has 0 saturated carbocycles. The van der Waals surface area contributed by atoms with Crippen LogP contribution in [0.2, 0.25) is 0 Å². The fourth-order valence-corrected chi connectivity index (χ4v) is 6.54. The Morgan fingerprint density at radius 1 is 1.24 bits per heavy atom. The molecule has 0 radical (unpaired) electrons. The molecule has 3 heterocycles. The van der Waals surface area contributed by atoms with E-state index >= 15 is 0 Å². The van der Waals surface area contributed by atoms with E-state index in [-0.39, 0.29) is 36.9 Å². The topological polar surface area (TPSA) is 182 Å². The van der Waals surface area contributed by atoms with Gasteiger partial charge in [-0.15, -0.1) is 0 Å². The van der Waals surface area contributed by atoms with Crippen LogP contribution in [0.3, 0.4) is 0 Å². The third kappa shape index (κ3) is 7.37. The molecule has 2 aromatic carbocycles. The smallest absolute Gasteiger partial charge is 0.459 e. The molecule has 1 aliphatic rings. The van der Waals surface area contributed by atoms with E-state index in [9.17, 15) is 14.5 Å². The molecule has 45 heavy (non-hydrogen) atoms. The Hall–Kier alpha value is -3.81. The maximum absolute atomic E-state index is 14.3. The van der Waals surface area contributed by atoms with Gasteiger partial charge in [0.05, 0.1) is 32.8 Å². The summed E-state index contributed by atoms with van der Waals surface area (Å²) in [4.78, 5) is 25.4. The molecule has 4 N–H and O–H groups in total. The minimum atomic E-state index is -4.24. The van der Waals surface area contributed by atoms with Gasteiger partial charge in [-0.25, -0.2) is 9.55 Å². The highest BCUT2D eigenvalue weighted by atomic mass is 31.2. The van der Waals surface area contributed by atoms with Gasteiger partial charge in [0.1, 0.15) is 17.4 Å². The predicted molar refractivity (Wildman–Crippen MR) is 167 cm³/mol. The first-order valence-corrected chi connectivity index (χ1v) is 16.0. The minimum Gasteiger partial charge on any atom is -0.479 e. The Balaban J connectivity index is 1.37. The van der Waals surface area contributed by atoms with Crippen LogP contribution in [0.15, 0.2) is 48.8 Å². The Labute approximate surface area is 260 Å². The predicted octanol–water partition coefficient (Wildman–Crippen LogP) is 4.38. The molecule has 0 spiro atoms. The number of carbonyl (C=O) groups is 1. The zero-order valence-corrected chi connectivity index (χ0v) is 27.0. The highest BCUT2D eigenvalue weighted by Gasteiger charge is 2.47. The monoisotopic (exact) mass is 642 g/mol. The van der Waals surface area contributed by atoms with Crippen molar-refractivity contribution >= 4 is 41.6 Å². The van der Waals surface area contributed by atoms with Gasteiger partial charge in [-0.05, 0) is 30.7 Å². The molecule has 2 aromatic heterocycles. The molecule has 242 valence electrons. The second-order valence-corrected chi connectivity index (χ2v) is 14.2. The average molecular weight is 643 g/mol. The summed E-state index contributed by atoms with van der Waals surface area (Å²) in [5.74, 6) is -0.167. The lowest BCUT2D eigenvalue weighted by Crippen LogP contribution is -2.37. The van der Waals surface area contributed by atoms with Crippen molar-refractivity contribution in [2.75, 3.05) is 26.1 Å². The van der Waals surface area contributed by atoms with E-state index in [4.69, 9.17) is 29.0 Å². The number of rotatable bonds is 11. The molecule has 5 atom stereocenters. The van der Waals surface area contributed by atoms with Crippen molar-refractivity contribution in [3.05, 3.63) is 48.8 Å². The molecule has 2 unspecified atom stereocenters. The Morgan fingerprint density at radius 2 is 1.98 bits per heavy atom. The number of aromatic nitrogens is 4. The van der Waals surface area contributed by atoms with Crippen molar-refractivity contribution in [1.29, 1.82) is 0 Å². The van der Waals surface area contributed by atoms with Gasteiger partial charge < -0.3 is 29.6 Å². The number of carbonyl (C=O) groups excluding carboxylic acids is 1. The molecule has 14 nitrogen and oxygen atoms in total. The van der Waals surface area contributed by atoms with Gasteiger partial charge in [0.15, 0.2) is 17.4 Å². The van der Waals surface area contributed by atoms with Gasteiger partial charge in [-0.2, -0.15) is 15.1 Å². The van der Waals surface area contributed by atoms with Crippen LogP contribution in [0.5, 0.6) is 11.6 Å². The van der Waals surface area contributed by atoms with E-state index < -0.39 is 37.7 Å². The number of ether oxygens (including phenoxy) is 3. The van der Waals surface area contributed by atoms with Gasteiger partial charge in [-0.1, -0.05) is 57.2 Å². The van der Waals surface area contributed by atoms with Crippen molar-refractivity contribution in [2.24, 2.45) is 5.41 Å². The van der Waals surface area contributed by atoms with Crippen molar-refractivity contribution in [3.8, 4) is 11.6 Å². The van der Waals surface area contributed by atoms with Gasteiger partial charge in [-0.3, -0.25) is 13.9 Å². The second-order valence-electron chi connectivity index (χ2n) is 12.5. The fraction of sp³-hybridized carbons (Fsp3) is 0.467. The van der Waals surface area contributed by atoms with Crippen molar-refractivity contribution in [1.82, 2.24) is 24.6 Å². The van der Waals surface area contributed by atoms with Crippen LogP contribution in [0, 0.1) is 5.41 Å². The van der Waals surface area contributed by atoms with E-state index in [0.29, 0.717) is 22.3 Å². The summed E-state index contributed by atoms with van der Waals surface area (Å²) in [6.07, 6.45) is -0.137. The summed E-state index contributed by atoms with van der Waals surface area (Å²) in [6.45, 7) is 8.85. The van der Waals surface area contributed by atoms with E-state index in [1.54, 1.807) is 19.1 Å². The molecule has 5 rings (SSSR count). The van der Waals surface area contributed by atoms with E-state index in [1.807, 2.05) is 51.1 Å². The molecular formula is C30H39N6O8P. The van der Waals surface area contributed by atoms with Gasteiger partial charge in [0.25, 0.3) is 0 Å². The number of nitrogens with two attached hydrogens (primary N) is 1. The van der Waals surface area contributed by atoms with Crippen LogP contribution in [-0.2, 0) is 23.4 Å². The SMILES string of the molecule is COc1nc(N)nc2c1ncn2C1O[C@H](COP(=O)(N[C@@H](C)C(=O)OCC(C)(C)C)Oc2cccc3ccccc23)C[C@@]1(C)O. The third-order valence-corrected chi connectivity index (χ3v) is 8.73. The van der Waals surface area contributed by atoms with Gasteiger partial charge >= 0.3 is 13.7 Å². The Bertz CT molecular complexity index is 1730. The van der Waals surface area contributed by atoms with E-state index in [0.717, 1.165) is 5.39 Å². The second kappa shape index (κ2) is 12.5. The van der Waals surface area contributed by atoms with E-state index in [2.05, 4.69) is 20.0 Å². The number of nitrogens with zero attached hydrogens (tertiary/aromatic N) is 4. The number of hydrogen-bond acceptors (Lipinski definition) is 12. The number of methoxy groups -OCH3 is 1. The number of imidazole rings is 1. The van der Waals surface area contributed by atoms with Crippen molar-refractivity contribution in [3.63, 3.8) is 0 Å². The number of nitrogen functional groups attached to an aromatic ring is 1. The number of anilines is 1. The lowest BCUT2D eigenvalue weighted by atomic mass is 9.99. The van der Waals surface area contributed by atoms with Crippen LogP contribution in [0.1, 0.15) is 47.3 Å². The van der Waals surface area contributed by atoms with Crippen molar-refractivity contribution < 1.29 is 37.7 Å². The van der Waals surface area contributed by atoms with Crippen LogP contribution in [0.25, 0.3) is 21.9 Å². The van der Waals surface area contributed by atoms with Crippen LogP contribution in [-0.4, -0.2) is 68.7 Å². The summed E-state index contributed by atoms with van der Waals surface area (Å²) < 4.78 is 44.7. The summed E-state index contributed by atoms with van der Waals surface area (Å²) in [5.41, 5.74) is 4.85. The maximum atomic E-state index is 14.3. The molecule has 15 heteroatoms. The normalized spacial score (nSPS) is 22.3. The molecule has 1 aliphatic heterocycles. The number of nitrogens with one attached hydrogen (secondary N) is 1. The van der Waals surface area contributed by atoms with E-state index in [1.165, 1.54) is 24.9 Å². The number of esters is 1. The van der Waals surface area contributed by atoms with Gasteiger partial charge in [0, 0.05) is 11.8 Å². The first-order chi connectivity index (χ1) is 21.2. The minimum absolute atomic E-state index is 0.0358. The highest BCUT2D eigenvalue weighted by Crippen LogP contribution is 2.48. The number of hydrogen-bond donors (Lipinski definition) is 3. The average Bonchev–Trinajstić information content (AvgIpc) is 3.53. The molecule has 1 saturated heterocycles. The number of aliphatic hydroxyl groups is 1. The van der Waals surface area contributed by atoms with Crippen LogP contribution in [0.4, 0.5) is 5.95 Å². The molecular weight excluding hydrogens is 603 g/mol. The largest absolute Gasteiger partial charge is 0.479 e. The number of benzene rings is 2. The molecule has 0 bridgehead atoms. The summed E-state index contributed by atoms with van der Waals surface area (Å²) in [6, 6.07) is 11.8. The van der Waals surface area contributed by atoms with Crippen molar-refractivity contribution in [2.45, 2.75) is 65.0 Å². The van der Waals surface area contributed by atoms with Crippen LogP contribution < -0.4 is 20.1 Å². The quantitative estimate of drug-likeness (QED) is 0.155. The molecule has 0 aliphatic carbocycles. The summed E-state index contributed by atoms with van der Waals surface area (Å²) in [5, 5.41) is 15.7. The van der Waals surface area contributed by atoms with Gasteiger partial charge in [0.2, 0.25) is 11.8 Å². The molecule has 1 fully saturated rings. The molecule has 4 aromatic rings. The zero-order valence-electron chi connectivity index (χ0n) is 26.1. The standard InChI is InChI=1S/C30H39N6O8P/c1-18(26(37)41-16-29(2,3)4)35-45(39,44-22-13-9-11-19-10-7-8-12-21(19)22)42-15-20-14-30(5,38)27(43-20)36-17-32-23-24(36)33-28(31)34-25(23)40-6/h7-13,17-18,20,27,38H,14-16H2,1-6H3,(H,35,39)(H2,31,33,34)/t18-,20-,27?,30+,45?/m0/s1. The first-order valence-electron chi connectivity index (χ1n) is 14.5. The Morgan fingerprint density at radius 3 is 2.71 bits per heavy atom. The fourth-order valence-electron chi connectivity index (χ4n) is 5.00. The number of fused-ring (bicyclic) bond motifs is 2. The molecule has 0 amide bonds. The highest BCUT2D eigenvalue weighted by molar-refractivity contribution is 7.52. The zero-order chi connectivity index (χ0) is 32.6. The maximum Gasteiger partial charge on any atom is 0.459 e. The first kappa shape index (κ1) is 32.6.